The summed E-state index contributed by atoms with van der Waals surface area (Å²) in [7, 11) is 0. The smallest absolute Gasteiger partial charge is 0.209 e. The van der Waals surface area contributed by atoms with Gasteiger partial charge in [0.2, 0.25) is 4.80 Å². The molecule has 0 bridgehead atoms. The van der Waals surface area contributed by atoms with Crippen LogP contribution in [0.15, 0.2) is 52.8 Å². The highest BCUT2D eigenvalue weighted by atomic mass is 79.9. The Morgan fingerprint density at radius 2 is 1.68 bits per heavy atom. The molecule has 0 amide bonds. The fourth-order valence-corrected chi connectivity index (χ4v) is 4.20. The van der Waals surface area contributed by atoms with E-state index < -0.39 is 0 Å². The van der Waals surface area contributed by atoms with Gasteiger partial charge in [0.15, 0.2) is 0 Å². The fourth-order valence-electron chi connectivity index (χ4n) is 3.29. The predicted octanol–water partition coefficient (Wildman–Crippen LogP) is 4.92. The van der Waals surface area contributed by atoms with Crippen LogP contribution in [0.4, 0.5) is 5.69 Å². The molecule has 1 aromatic heterocycles. The normalized spacial score (nSPS) is 14.8. The molecule has 0 atom stereocenters. The molecule has 0 saturated carbocycles. The van der Waals surface area contributed by atoms with E-state index in [-0.39, 0.29) is 17.0 Å². The lowest BCUT2D eigenvalue weighted by molar-refractivity contribution is 0.111. The van der Waals surface area contributed by atoms with E-state index in [0.29, 0.717) is 0 Å². The highest BCUT2D eigenvalue weighted by Gasteiger charge is 2.17. The largest absolute Gasteiger partial charge is 0.378 e. The van der Waals surface area contributed by atoms with Gasteiger partial charge in [-0.2, -0.15) is 0 Å². The third-order valence-electron chi connectivity index (χ3n) is 5.10. The third-order valence-corrected chi connectivity index (χ3v) is 5.91. The zero-order valence-corrected chi connectivity index (χ0v) is 19.0. The molecule has 1 fully saturated rings. The molecule has 28 heavy (non-hydrogen) atoms. The first kappa shape index (κ1) is 20.8. The molecular formula is C22H26BrN3OS. The van der Waals surface area contributed by atoms with Gasteiger partial charge in [-0.3, -0.25) is 0 Å². The zero-order valence-electron chi connectivity index (χ0n) is 16.5. The lowest BCUT2D eigenvalue weighted by atomic mass is 10.1. The molecule has 0 unspecified atom stereocenters. The van der Waals surface area contributed by atoms with Crippen LogP contribution in [0.1, 0.15) is 16.7 Å². The molecule has 1 saturated heterocycles. The van der Waals surface area contributed by atoms with Crippen molar-refractivity contribution < 1.29 is 4.74 Å². The summed E-state index contributed by atoms with van der Waals surface area (Å²) in [5.74, 6) is 0. The Labute approximate surface area is 180 Å². The second kappa shape index (κ2) is 9.07. The summed E-state index contributed by atoms with van der Waals surface area (Å²) in [5.41, 5.74) is 7.21. The molecule has 1 aliphatic rings. The Morgan fingerprint density at radius 3 is 2.39 bits per heavy atom. The van der Waals surface area contributed by atoms with Gasteiger partial charge in [-0.15, -0.1) is 28.3 Å². The van der Waals surface area contributed by atoms with Crippen LogP contribution in [0, 0.1) is 20.8 Å². The number of hydrogen-bond donors (Lipinski definition) is 0. The molecule has 4 nitrogen and oxygen atoms in total. The molecule has 3 aromatic rings. The van der Waals surface area contributed by atoms with E-state index in [4.69, 9.17) is 9.73 Å². The van der Waals surface area contributed by atoms with E-state index in [9.17, 15) is 0 Å². The van der Waals surface area contributed by atoms with Crippen LogP contribution >= 0.6 is 28.3 Å². The molecule has 0 spiro atoms. The SMILES string of the molecule is Br.Cc1ccc(-c2csc(=Nc3cccc(C)c3C)n2N2CCOCC2)cc1. The van der Waals surface area contributed by atoms with Crippen molar-refractivity contribution in [2.75, 3.05) is 31.3 Å². The second-order valence-electron chi connectivity index (χ2n) is 6.98. The predicted molar refractivity (Wildman–Crippen MR) is 123 cm³/mol. The van der Waals surface area contributed by atoms with Crippen LogP contribution in [-0.4, -0.2) is 31.0 Å². The molecular weight excluding hydrogens is 434 g/mol. The molecule has 2 aromatic carbocycles. The number of thiazole rings is 1. The summed E-state index contributed by atoms with van der Waals surface area (Å²) in [4.78, 5) is 6.04. The van der Waals surface area contributed by atoms with E-state index >= 15 is 0 Å². The Morgan fingerprint density at radius 1 is 0.964 bits per heavy atom. The van der Waals surface area contributed by atoms with Gasteiger partial charge in [-0.05, 0) is 38.0 Å². The minimum absolute atomic E-state index is 0. The minimum Gasteiger partial charge on any atom is -0.378 e. The van der Waals surface area contributed by atoms with Crippen molar-refractivity contribution in [3.05, 3.63) is 69.3 Å². The Bertz CT molecular complexity index is 1000. The summed E-state index contributed by atoms with van der Waals surface area (Å²) < 4.78 is 7.85. The molecule has 0 aliphatic carbocycles. The summed E-state index contributed by atoms with van der Waals surface area (Å²) in [5, 5.41) is 4.56. The van der Waals surface area contributed by atoms with Crippen LogP contribution in [0.3, 0.4) is 0 Å². The third kappa shape index (κ3) is 4.24. The Hall–Kier alpha value is -1.89. The average Bonchev–Trinajstić information content (AvgIpc) is 3.10. The topological polar surface area (TPSA) is 29.8 Å². The van der Waals surface area contributed by atoms with Gasteiger partial charge in [-0.1, -0.05) is 42.0 Å². The number of aryl methyl sites for hydroxylation is 2. The van der Waals surface area contributed by atoms with Crippen LogP contribution in [0.5, 0.6) is 0 Å². The monoisotopic (exact) mass is 459 g/mol. The number of hydrogen-bond acceptors (Lipinski definition) is 4. The lowest BCUT2D eigenvalue weighted by Crippen LogP contribution is -2.48. The Kier molecular flexibility index (Phi) is 6.75. The highest BCUT2D eigenvalue weighted by molar-refractivity contribution is 8.93. The van der Waals surface area contributed by atoms with E-state index in [0.717, 1.165) is 36.8 Å². The number of aromatic nitrogens is 1. The molecule has 0 N–H and O–H groups in total. The molecule has 2 heterocycles. The van der Waals surface area contributed by atoms with E-state index in [1.54, 1.807) is 11.3 Å². The van der Waals surface area contributed by atoms with Crippen LogP contribution in [0.25, 0.3) is 11.3 Å². The summed E-state index contributed by atoms with van der Waals surface area (Å²) in [6, 6.07) is 15.0. The molecule has 148 valence electrons. The fraction of sp³-hybridized carbons (Fsp3) is 0.318. The first-order valence-corrected chi connectivity index (χ1v) is 10.2. The van der Waals surface area contributed by atoms with E-state index in [2.05, 4.69) is 78.3 Å². The number of benzene rings is 2. The van der Waals surface area contributed by atoms with Crippen molar-refractivity contribution in [2.24, 2.45) is 4.99 Å². The maximum atomic E-state index is 5.57. The number of morpholine rings is 1. The van der Waals surface area contributed by atoms with Crippen molar-refractivity contribution in [1.82, 2.24) is 4.68 Å². The summed E-state index contributed by atoms with van der Waals surface area (Å²) >= 11 is 1.69. The van der Waals surface area contributed by atoms with Crippen molar-refractivity contribution >= 4 is 34.0 Å². The molecule has 1 aliphatic heterocycles. The van der Waals surface area contributed by atoms with Crippen LogP contribution in [0.2, 0.25) is 0 Å². The van der Waals surface area contributed by atoms with Gasteiger partial charge in [0.05, 0.1) is 37.7 Å². The van der Waals surface area contributed by atoms with Crippen molar-refractivity contribution in [3.8, 4) is 11.3 Å². The van der Waals surface area contributed by atoms with Gasteiger partial charge < -0.3 is 9.75 Å². The number of rotatable bonds is 3. The number of nitrogens with zero attached hydrogens (tertiary/aromatic N) is 3. The number of ether oxygens (including phenoxy) is 1. The van der Waals surface area contributed by atoms with Gasteiger partial charge >= 0.3 is 0 Å². The number of halogens is 1. The average molecular weight is 460 g/mol. The maximum Gasteiger partial charge on any atom is 0.209 e. The molecule has 6 heteroatoms. The maximum absolute atomic E-state index is 5.57. The van der Waals surface area contributed by atoms with Gasteiger partial charge in [-0.25, -0.2) is 9.67 Å². The van der Waals surface area contributed by atoms with Gasteiger partial charge in [0, 0.05) is 10.9 Å². The minimum atomic E-state index is 0. The van der Waals surface area contributed by atoms with Crippen molar-refractivity contribution in [3.63, 3.8) is 0 Å². The Balaban J connectivity index is 0.00000225. The van der Waals surface area contributed by atoms with E-state index in [1.165, 1.54) is 27.9 Å². The second-order valence-corrected chi connectivity index (χ2v) is 7.81. The van der Waals surface area contributed by atoms with Gasteiger partial charge in [0.1, 0.15) is 0 Å². The van der Waals surface area contributed by atoms with Gasteiger partial charge in [0.25, 0.3) is 0 Å². The first-order chi connectivity index (χ1) is 13.1. The first-order valence-electron chi connectivity index (χ1n) is 9.35. The summed E-state index contributed by atoms with van der Waals surface area (Å²) in [6.07, 6.45) is 0. The van der Waals surface area contributed by atoms with Crippen molar-refractivity contribution in [1.29, 1.82) is 0 Å². The zero-order chi connectivity index (χ0) is 18.8. The molecule has 4 rings (SSSR count). The molecule has 0 radical (unpaired) electrons. The standard InChI is InChI=1S/C22H25N3OS.BrH/c1-16-7-9-19(10-8-16)21-15-27-22(25(21)24-11-13-26-14-12-24)23-20-6-4-5-17(2)18(20)3;/h4-10,15H,11-14H2,1-3H3;1H. The lowest BCUT2D eigenvalue weighted by Gasteiger charge is -2.31. The quantitative estimate of drug-likeness (QED) is 0.556. The summed E-state index contributed by atoms with van der Waals surface area (Å²) in [6.45, 7) is 9.64. The van der Waals surface area contributed by atoms with Crippen LogP contribution < -0.4 is 9.81 Å². The highest BCUT2D eigenvalue weighted by Crippen LogP contribution is 2.24. The van der Waals surface area contributed by atoms with Crippen LogP contribution in [-0.2, 0) is 4.74 Å². The van der Waals surface area contributed by atoms with Crippen molar-refractivity contribution in [2.45, 2.75) is 20.8 Å². The van der Waals surface area contributed by atoms with E-state index in [1.807, 2.05) is 0 Å².